The second-order valence-corrected chi connectivity index (χ2v) is 3.15. The van der Waals surface area contributed by atoms with E-state index < -0.39 is 4.92 Å². The summed E-state index contributed by atoms with van der Waals surface area (Å²) >= 11 is 5.43. The highest BCUT2D eigenvalue weighted by molar-refractivity contribution is 6.29. The number of nitrogens with one attached hydrogen (secondary N) is 2. The molecular formula is C10H15ClN4O2. The fourth-order valence-electron chi connectivity index (χ4n) is 0.836. The standard InChI is InChI=1S/C5H4ClN.C5H11N3O2/c6-5-3-1-2-4-7-5;1-3-7-5(6-2)4-8(9)10/h1-4H;4,6-7H,3H2,1-2H3. The van der Waals surface area contributed by atoms with Crippen molar-refractivity contribution in [2.24, 2.45) is 0 Å². The van der Waals surface area contributed by atoms with E-state index in [1.165, 1.54) is 0 Å². The first-order valence-corrected chi connectivity index (χ1v) is 5.31. The van der Waals surface area contributed by atoms with Crippen LogP contribution >= 0.6 is 11.6 Å². The molecule has 0 aliphatic carbocycles. The van der Waals surface area contributed by atoms with Crippen LogP contribution in [-0.2, 0) is 0 Å². The van der Waals surface area contributed by atoms with Gasteiger partial charge in [-0.15, -0.1) is 0 Å². The minimum absolute atomic E-state index is 0.424. The SMILES string of the molecule is CCNC(=C[N+](=O)[O-])NC.Clc1ccccn1. The monoisotopic (exact) mass is 258 g/mol. The topological polar surface area (TPSA) is 80.1 Å². The molecule has 2 N–H and O–H groups in total. The summed E-state index contributed by atoms with van der Waals surface area (Å²) in [6.07, 6.45) is 2.55. The molecule has 0 spiro atoms. The van der Waals surface area contributed by atoms with Gasteiger partial charge < -0.3 is 10.6 Å². The molecule has 17 heavy (non-hydrogen) atoms. The lowest BCUT2D eigenvalue weighted by Crippen LogP contribution is -2.23. The molecular weight excluding hydrogens is 244 g/mol. The molecule has 0 saturated heterocycles. The van der Waals surface area contributed by atoms with Crippen LogP contribution in [0.4, 0.5) is 0 Å². The fourth-order valence-corrected chi connectivity index (χ4v) is 0.965. The number of nitro groups is 1. The Labute approximate surface area is 105 Å². The molecule has 0 fully saturated rings. The summed E-state index contributed by atoms with van der Waals surface area (Å²) in [6.45, 7) is 2.53. The third-order valence-electron chi connectivity index (χ3n) is 1.50. The minimum Gasteiger partial charge on any atom is -0.370 e. The van der Waals surface area contributed by atoms with Gasteiger partial charge in [0, 0.05) is 19.8 Å². The maximum atomic E-state index is 9.89. The Morgan fingerprint density at radius 1 is 1.65 bits per heavy atom. The molecule has 1 aromatic rings. The number of hydrogen-bond donors (Lipinski definition) is 2. The molecule has 0 radical (unpaired) electrons. The van der Waals surface area contributed by atoms with Gasteiger partial charge in [0.25, 0.3) is 6.20 Å². The maximum Gasteiger partial charge on any atom is 0.274 e. The van der Waals surface area contributed by atoms with Gasteiger partial charge in [-0.2, -0.15) is 0 Å². The minimum atomic E-state index is -0.505. The summed E-state index contributed by atoms with van der Waals surface area (Å²) in [5.74, 6) is 0.424. The van der Waals surface area contributed by atoms with E-state index in [9.17, 15) is 10.1 Å². The number of rotatable bonds is 4. The van der Waals surface area contributed by atoms with Crippen LogP contribution in [0.3, 0.4) is 0 Å². The lowest BCUT2D eigenvalue weighted by Gasteiger charge is -2.02. The van der Waals surface area contributed by atoms with Crippen molar-refractivity contribution in [1.29, 1.82) is 0 Å². The van der Waals surface area contributed by atoms with Gasteiger partial charge in [0.15, 0.2) is 5.82 Å². The quantitative estimate of drug-likeness (QED) is 0.487. The van der Waals surface area contributed by atoms with Crippen molar-refractivity contribution < 1.29 is 4.92 Å². The van der Waals surface area contributed by atoms with Gasteiger partial charge in [-0.05, 0) is 19.1 Å². The van der Waals surface area contributed by atoms with Gasteiger partial charge in [-0.1, -0.05) is 17.7 Å². The van der Waals surface area contributed by atoms with Crippen molar-refractivity contribution in [3.05, 3.63) is 51.7 Å². The molecule has 0 aliphatic heterocycles. The van der Waals surface area contributed by atoms with E-state index in [0.717, 1.165) is 6.20 Å². The van der Waals surface area contributed by atoms with Crippen LogP contribution in [-0.4, -0.2) is 23.5 Å². The van der Waals surface area contributed by atoms with Gasteiger partial charge in [0.1, 0.15) is 5.15 Å². The van der Waals surface area contributed by atoms with E-state index in [0.29, 0.717) is 17.5 Å². The maximum absolute atomic E-state index is 9.89. The summed E-state index contributed by atoms with van der Waals surface area (Å²) in [4.78, 5) is 13.1. The van der Waals surface area contributed by atoms with Crippen molar-refractivity contribution in [3.8, 4) is 0 Å². The highest BCUT2D eigenvalue weighted by Gasteiger charge is 1.95. The predicted octanol–water partition coefficient (Wildman–Crippen LogP) is 1.63. The Morgan fingerprint density at radius 2 is 2.35 bits per heavy atom. The molecule has 1 rings (SSSR count). The van der Waals surface area contributed by atoms with Crippen LogP contribution in [0.2, 0.25) is 5.15 Å². The normalized spacial score (nSPS) is 9.94. The van der Waals surface area contributed by atoms with Gasteiger partial charge in [0.2, 0.25) is 0 Å². The van der Waals surface area contributed by atoms with Gasteiger partial charge in [-0.3, -0.25) is 10.1 Å². The third-order valence-corrected chi connectivity index (χ3v) is 1.72. The molecule has 6 nitrogen and oxygen atoms in total. The molecule has 0 amide bonds. The number of halogens is 1. The summed E-state index contributed by atoms with van der Waals surface area (Å²) in [6, 6.07) is 5.41. The molecule has 0 bridgehead atoms. The average Bonchev–Trinajstić information content (AvgIpc) is 2.30. The van der Waals surface area contributed by atoms with E-state index in [1.54, 1.807) is 19.3 Å². The van der Waals surface area contributed by atoms with Gasteiger partial charge >= 0.3 is 0 Å². The molecule has 0 unspecified atom stereocenters. The Balaban J connectivity index is 0.000000318. The van der Waals surface area contributed by atoms with Crippen molar-refractivity contribution in [1.82, 2.24) is 15.6 Å². The Morgan fingerprint density at radius 3 is 2.65 bits per heavy atom. The van der Waals surface area contributed by atoms with Gasteiger partial charge in [-0.25, -0.2) is 4.98 Å². The highest BCUT2D eigenvalue weighted by atomic mass is 35.5. The molecule has 7 heteroatoms. The summed E-state index contributed by atoms with van der Waals surface area (Å²) < 4.78 is 0. The molecule has 0 saturated carbocycles. The Bertz CT molecular complexity index is 357. The van der Waals surface area contributed by atoms with Crippen LogP contribution in [0.5, 0.6) is 0 Å². The smallest absolute Gasteiger partial charge is 0.274 e. The van der Waals surface area contributed by atoms with E-state index in [-0.39, 0.29) is 0 Å². The zero-order valence-electron chi connectivity index (χ0n) is 9.68. The molecule has 0 aliphatic rings. The summed E-state index contributed by atoms with van der Waals surface area (Å²) in [5.41, 5.74) is 0. The van der Waals surface area contributed by atoms with Crippen LogP contribution in [0.25, 0.3) is 0 Å². The van der Waals surface area contributed by atoms with Crippen LogP contribution in [0.15, 0.2) is 36.4 Å². The first kappa shape index (κ1) is 15.2. The Hall–Kier alpha value is -1.82. The molecule has 0 aromatic carbocycles. The van der Waals surface area contributed by atoms with Crippen molar-refractivity contribution in [2.75, 3.05) is 13.6 Å². The zero-order chi connectivity index (χ0) is 13.1. The second kappa shape index (κ2) is 9.41. The molecule has 1 aromatic heterocycles. The second-order valence-electron chi connectivity index (χ2n) is 2.76. The first-order chi connectivity index (χ1) is 8.10. The fraction of sp³-hybridized carbons (Fsp3) is 0.300. The number of pyridine rings is 1. The highest BCUT2D eigenvalue weighted by Crippen LogP contribution is 1.98. The van der Waals surface area contributed by atoms with Crippen LogP contribution in [0, 0.1) is 10.1 Å². The van der Waals surface area contributed by atoms with Gasteiger partial charge in [0.05, 0.1) is 4.92 Å². The molecule has 94 valence electrons. The largest absolute Gasteiger partial charge is 0.370 e. The summed E-state index contributed by atoms with van der Waals surface area (Å²) in [5, 5.41) is 15.9. The van der Waals surface area contributed by atoms with E-state index in [2.05, 4.69) is 15.6 Å². The number of nitrogens with zero attached hydrogens (tertiary/aromatic N) is 2. The summed E-state index contributed by atoms with van der Waals surface area (Å²) in [7, 11) is 1.62. The van der Waals surface area contributed by atoms with Crippen LogP contribution in [0.1, 0.15) is 6.92 Å². The number of hydrogen-bond acceptors (Lipinski definition) is 5. The molecule has 1 heterocycles. The average molecular weight is 259 g/mol. The predicted molar refractivity (Wildman–Crippen MR) is 67.1 cm³/mol. The van der Waals surface area contributed by atoms with E-state index in [1.807, 2.05) is 19.1 Å². The molecule has 0 atom stereocenters. The lowest BCUT2D eigenvalue weighted by atomic mass is 10.5. The van der Waals surface area contributed by atoms with Crippen molar-refractivity contribution >= 4 is 11.6 Å². The van der Waals surface area contributed by atoms with Crippen LogP contribution < -0.4 is 10.6 Å². The van der Waals surface area contributed by atoms with E-state index in [4.69, 9.17) is 11.6 Å². The first-order valence-electron chi connectivity index (χ1n) is 4.93. The third kappa shape index (κ3) is 9.13. The van der Waals surface area contributed by atoms with Crippen molar-refractivity contribution in [2.45, 2.75) is 6.92 Å². The lowest BCUT2D eigenvalue weighted by molar-refractivity contribution is -0.404. The van der Waals surface area contributed by atoms with Crippen molar-refractivity contribution in [3.63, 3.8) is 0 Å². The zero-order valence-corrected chi connectivity index (χ0v) is 10.4. The number of aromatic nitrogens is 1. The van der Waals surface area contributed by atoms with E-state index >= 15 is 0 Å². The Kier molecular flexibility index (Phi) is 8.40.